The van der Waals surface area contributed by atoms with Crippen molar-refractivity contribution in [2.75, 3.05) is 11.4 Å². The van der Waals surface area contributed by atoms with E-state index in [0.717, 1.165) is 35.9 Å². The molecule has 0 aliphatic heterocycles. The van der Waals surface area contributed by atoms with E-state index < -0.39 is 0 Å². The molecule has 0 bridgehead atoms. The van der Waals surface area contributed by atoms with Gasteiger partial charge in [0.15, 0.2) is 0 Å². The van der Waals surface area contributed by atoms with Crippen molar-refractivity contribution >= 4 is 5.82 Å². The zero-order valence-corrected chi connectivity index (χ0v) is 11.5. The number of nitrogens with zero attached hydrogens (tertiary/aromatic N) is 3. The van der Waals surface area contributed by atoms with Gasteiger partial charge in [0.25, 0.3) is 0 Å². The maximum Gasteiger partial charge on any atom is 0.128 e. The lowest BCUT2D eigenvalue weighted by Gasteiger charge is -2.21. The standard InChI is InChI=1S/C15H20N4/c1-3-19(11-14-6-4-5-12(2)18-14)15-8-7-13(9-16)10-17-15/h4-8,10H,3,9,11,16H2,1-2H3. The fraction of sp³-hybridized carbons (Fsp3) is 0.333. The second-order valence-corrected chi connectivity index (χ2v) is 4.51. The molecule has 0 fully saturated rings. The summed E-state index contributed by atoms with van der Waals surface area (Å²) in [5.74, 6) is 0.961. The first kappa shape index (κ1) is 13.5. The summed E-state index contributed by atoms with van der Waals surface area (Å²) in [5, 5.41) is 0. The molecule has 2 aromatic heterocycles. The Labute approximate surface area is 114 Å². The number of nitrogens with two attached hydrogens (primary N) is 1. The Hall–Kier alpha value is -1.94. The Bertz CT molecular complexity index is 522. The summed E-state index contributed by atoms with van der Waals surface area (Å²) >= 11 is 0. The second kappa shape index (κ2) is 6.29. The molecule has 0 atom stereocenters. The Kier molecular flexibility index (Phi) is 4.47. The highest BCUT2D eigenvalue weighted by Crippen LogP contribution is 2.14. The minimum atomic E-state index is 0.527. The average Bonchev–Trinajstić information content (AvgIpc) is 2.45. The molecule has 0 radical (unpaired) electrons. The molecule has 4 heteroatoms. The zero-order valence-electron chi connectivity index (χ0n) is 11.5. The topological polar surface area (TPSA) is 55.0 Å². The van der Waals surface area contributed by atoms with Gasteiger partial charge in [0.05, 0.1) is 12.2 Å². The molecule has 0 saturated heterocycles. The van der Waals surface area contributed by atoms with Crippen molar-refractivity contribution in [2.45, 2.75) is 26.9 Å². The maximum absolute atomic E-state index is 5.59. The molecule has 0 aliphatic carbocycles. The summed E-state index contributed by atoms with van der Waals surface area (Å²) < 4.78 is 0. The van der Waals surface area contributed by atoms with E-state index in [1.54, 1.807) is 0 Å². The van der Waals surface area contributed by atoms with Gasteiger partial charge in [-0.2, -0.15) is 0 Å². The SMILES string of the molecule is CCN(Cc1cccc(C)n1)c1ccc(CN)cn1. The van der Waals surface area contributed by atoms with Crippen LogP contribution in [0.15, 0.2) is 36.5 Å². The molecular formula is C15H20N4. The second-order valence-electron chi connectivity index (χ2n) is 4.51. The van der Waals surface area contributed by atoms with Crippen LogP contribution in [0.2, 0.25) is 0 Å². The van der Waals surface area contributed by atoms with Crippen molar-refractivity contribution in [1.29, 1.82) is 0 Å². The van der Waals surface area contributed by atoms with E-state index in [9.17, 15) is 0 Å². The molecule has 2 heterocycles. The lowest BCUT2D eigenvalue weighted by atomic mass is 10.2. The van der Waals surface area contributed by atoms with E-state index in [1.165, 1.54) is 0 Å². The zero-order chi connectivity index (χ0) is 13.7. The van der Waals surface area contributed by atoms with E-state index in [1.807, 2.05) is 43.5 Å². The average molecular weight is 256 g/mol. The minimum absolute atomic E-state index is 0.527. The predicted octanol–water partition coefficient (Wildman–Crippen LogP) is 2.27. The number of aromatic nitrogens is 2. The third-order valence-corrected chi connectivity index (χ3v) is 3.05. The van der Waals surface area contributed by atoms with Gasteiger partial charge in [0.2, 0.25) is 0 Å². The van der Waals surface area contributed by atoms with Crippen LogP contribution in [-0.2, 0) is 13.1 Å². The predicted molar refractivity (Wildman–Crippen MR) is 77.8 cm³/mol. The molecule has 0 aliphatic rings. The smallest absolute Gasteiger partial charge is 0.128 e. The van der Waals surface area contributed by atoms with Crippen molar-refractivity contribution in [1.82, 2.24) is 9.97 Å². The van der Waals surface area contributed by atoms with Crippen LogP contribution < -0.4 is 10.6 Å². The summed E-state index contributed by atoms with van der Waals surface area (Å²) in [7, 11) is 0. The van der Waals surface area contributed by atoms with E-state index in [-0.39, 0.29) is 0 Å². The number of rotatable bonds is 5. The lowest BCUT2D eigenvalue weighted by molar-refractivity contribution is 0.789. The molecule has 19 heavy (non-hydrogen) atoms. The molecule has 2 N–H and O–H groups in total. The van der Waals surface area contributed by atoms with Crippen LogP contribution in [0.5, 0.6) is 0 Å². The normalized spacial score (nSPS) is 10.5. The first-order chi connectivity index (χ1) is 9.22. The first-order valence-electron chi connectivity index (χ1n) is 6.55. The fourth-order valence-electron chi connectivity index (χ4n) is 1.96. The monoisotopic (exact) mass is 256 g/mol. The molecule has 0 unspecified atom stereocenters. The van der Waals surface area contributed by atoms with Crippen LogP contribution in [-0.4, -0.2) is 16.5 Å². The van der Waals surface area contributed by atoms with Crippen molar-refractivity contribution in [3.8, 4) is 0 Å². The molecule has 4 nitrogen and oxygen atoms in total. The molecule has 0 spiro atoms. The number of hydrogen-bond acceptors (Lipinski definition) is 4. The summed E-state index contributed by atoms with van der Waals surface area (Å²) in [6.45, 7) is 6.32. The van der Waals surface area contributed by atoms with Gasteiger partial charge in [-0.1, -0.05) is 12.1 Å². The third-order valence-electron chi connectivity index (χ3n) is 3.05. The van der Waals surface area contributed by atoms with Gasteiger partial charge in [-0.05, 0) is 37.6 Å². The number of pyridine rings is 2. The molecule has 0 amide bonds. The minimum Gasteiger partial charge on any atom is -0.351 e. The van der Waals surface area contributed by atoms with Crippen LogP contribution >= 0.6 is 0 Å². The van der Waals surface area contributed by atoms with Gasteiger partial charge in [-0.25, -0.2) is 4.98 Å². The maximum atomic E-state index is 5.59. The van der Waals surface area contributed by atoms with Gasteiger partial charge >= 0.3 is 0 Å². The van der Waals surface area contributed by atoms with Crippen LogP contribution in [0.25, 0.3) is 0 Å². The van der Waals surface area contributed by atoms with Crippen molar-refractivity contribution in [2.24, 2.45) is 5.73 Å². The quantitative estimate of drug-likeness (QED) is 0.891. The first-order valence-corrected chi connectivity index (χ1v) is 6.55. The van der Waals surface area contributed by atoms with E-state index in [0.29, 0.717) is 6.54 Å². The number of aryl methyl sites for hydroxylation is 1. The fourth-order valence-corrected chi connectivity index (χ4v) is 1.96. The molecule has 0 aromatic carbocycles. The van der Waals surface area contributed by atoms with Crippen LogP contribution in [0, 0.1) is 6.92 Å². The Balaban J connectivity index is 2.15. The number of anilines is 1. The lowest BCUT2D eigenvalue weighted by Crippen LogP contribution is -2.23. The highest BCUT2D eigenvalue weighted by Gasteiger charge is 2.07. The Morgan fingerprint density at radius 3 is 2.63 bits per heavy atom. The van der Waals surface area contributed by atoms with E-state index in [2.05, 4.69) is 21.8 Å². The molecule has 2 rings (SSSR count). The van der Waals surface area contributed by atoms with Crippen LogP contribution in [0.1, 0.15) is 23.9 Å². The summed E-state index contributed by atoms with van der Waals surface area (Å²) in [6.07, 6.45) is 1.83. The van der Waals surface area contributed by atoms with E-state index in [4.69, 9.17) is 5.73 Å². The van der Waals surface area contributed by atoms with Gasteiger partial charge in [0.1, 0.15) is 5.82 Å². The third kappa shape index (κ3) is 3.51. The highest BCUT2D eigenvalue weighted by atomic mass is 15.2. The van der Waals surface area contributed by atoms with E-state index >= 15 is 0 Å². The van der Waals surface area contributed by atoms with Crippen molar-refractivity contribution in [3.05, 3.63) is 53.5 Å². The van der Waals surface area contributed by atoms with Crippen molar-refractivity contribution in [3.63, 3.8) is 0 Å². The van der Waals surface area contributed by atoms with Crippen molar-refractivity contribution < 1.29 is 0 Å². The number of hydrogen-bond donors (Lipinski definition) is 1. The van der Waals surface area contributed by atoms with Gasteiger partial charge in [-0.3, -0.25) is 4.98 Å². The van der Waals surface area contributed by atoms with Gasteiger partial charge in [0, 0.05) is 25.0 Å². The summed E-state index contributed by atoms with van der Waals surface area (Å²) in [5.41, 5.74) is 8.74. The molecule has 0 saturated carbocycles. The molecule has 2 aromatic rings. The van der Waals surface area contributed by atoms with Gasteiger partial charge < -0.3 is 10.6 Å². The largest absolute Gasteiger partial charge is 0.351 e. The summed E-state index contributed by atoms with van der Waals surface area (Å²) in [4.78, 5) is 11.2. The van der Waals surface area contributed by atoms with Gasteiger partial charge in [-0.15, -0.1) is 0 Å². The van der Waals surface area contributed by atoms with Crippen LogP contribution in [0.4, 0.5) is 5.82 Å². The highest BCUT2D eigenvalue weighted by molar-refractivity contribution is 5.39. The Morgan fingerprint density at radius 2 is 2.05 bits per heavy atom. The van der Waals surface area contributed by atoms with Crippen LogP contribution in [0.3, 0.4) is 0 Å². The molecule has 100 valence electrons. The Morgan fingerprint density at radius 1 is 1.21 bits per heavy atom. The summed E-state index contributed by atoms with van der Waals surface area (Å²) in [6, 6.07) is 10.1. The molecular weight excluding hydrogens is 236 g/mol.